The number of urea groups is 1. The van der Waals surface area contributed by atoms with Crippen molar-refractivity contribution in [1.82, 2.24) is 15.2 Å². The van der Waals surface area contributed by atoms with E-state index in [0.717, 1.165) is 42.2 Å². The molecule has 0 spiro atoms. The zero-order valence-corrected chi connectivity index (χ0v) is 16.2. The van der Waals surface area contributed by atoms with Crippen molar-refractivity contribution in [1.29, 1.82) is 0 Å². The third kappa shape index (κ3) is 3.55. The number of amides is 2. The Morgan fingerprint density at radius 1 is 1.03 bits per heavy atom. The summed E-state index contributed by atoms with van der Waals surface area (Å²) in [6.45, 7) is 3.92. The number of aromatic nitrogens is 1. The second-order valence-electron chi connectivity index (χ2n) is 7.35. The lowest BCUT2D eigenvalue weighted by Crippen LogP contribution is -2.52. The van der Waals surface area contributed by atoms with Crippen LogP contribution in [-0.2, 0) is 6.42 Å². The van der Waals surface area contributed by atoms with E-state index in [9.17, 15) is 4.79 Å². The maximum absolute atomic E-state index is 12.5. The molecule has 2 amide bonds. The Morgan fingerprint density at radius 2 is 1.86 bits per heavy atom. The summed E-state index contributed by atoms with van der Waals surface area (Å²) in [5, 5.41) is 4.28. The van der Waals surface area contributed by atoms with Gasteiger partial charge in [0.1, 0.15) is 0 Å². The van der Waals surface area contributed by atoms with Crippen LogP contribution in [0.15, 0.2) is 48.7 Å². The minimum Gasteiger partial charge on any atom is -0.454 e. The van der Waals surface area contributed by atoms with Crippen LogP contribution in [0, 0.1) is 0 Å². The molecule has 0 unspecified atom stereocenters. The van der Waals surface area contributed by atoms with Crippen LogP contribution in [0.4, 0.5) is 10.5 Å². The molecule has 7 nitrogen and oxygen atoms in total. The fourth-order valence-electron chi connectivity index (χ4n) is 4.00. The van der Waals surface area contributed by atoms with E-state index < -0.39 is 0 Å². The summed E-state index contributed by atoms with van der Waals surface area (Å²) in [6, 6.07) is 14.3. The van der Waals surface area contributed by atoms with Gasteiger partial charge in [0.05, 0.1) is 0 Å². The highest BCUT2D eigenvalue weighted by molar-refractivity contribution is 5.83. The highest BCUT2D eigenvalue weighted by Crippen LogP contribution is 2.35. The van der Waals surface area contributed by atoms with Gasteiger partial charge in [0.2, 0.25) is 6.79 Å². The van der Waals surface area contributed by atoms with Gasteiger partial charge >= 0.3 is 6.03 Å². The maximum Gasteiger partial charge on any atom is 0.317 e. The second kappa shape index (κ2) is 7.58. The van der Waals surface area contributed by atoms with Gasteiger partial charge in [-0.05, 0) is 30.2 Å². The Kier molecular flexibility index (Phi) is 4.63. The molecule has 0 saturated carbocycles. The molecule has 3 heterocycles. The third-order valence-electron chi connectivity index (χ3n) is 5.63. The van der Waals surface area contributed by atoms with Gasteiger partial charge in [0, 0.05) is 61.6 Å². The van der Waals surface area contributed by atoms with Crippen LogP contribution in [0.25, 0.3) is 10.9 Å². The topological polar surface area (TPSA) is 69.8 Å². The number of ether oxygens (including phenoxy) is 2. The molecule has 1 fully saturated rings. The van der Waals surface area contributed by atoms with Crippen LogP contribution in [0.2, 0.25) is 0 Å². The molecule has 1 saturated heterocycles. The molecule has 1 aromatic heterocycles. The SMILES string of the molecule is O=C(NCCc1c[nH]c2ccccc12)N1CCN(c2ccc3c(c2)OCO3)CC1. The van der Waals surface area contributed by atoms with Crippen molar-refractivity contribution in [3.8, 4) is 11.5 Å². The summed E-state index contributed by atoms with van der Waals surface area (Å²) in [4.78, 5) is 20.0. The molecule has 2 N–H and O–H groups in total. The Bertz CT molecular complexity index is 1020. The first-order valence-corrected chi connectivity index (χ1v) is 10.0. The molecular weight excluding hydrogens is 368 g/mol. The fraction of sp³-hybridized carbons (Fsp3) is 0.318. The lowest BCUT2D eigenvalue weighted by molar-refractivity contribution is 0.174. The van der Waals surface area contributed by atoms with Crippen LogP contribution >= 0.6 is 0 Å². The van der Waals surface area contributed by atoms with Gasteiger partial charge in [-0.1, -0.05) is 18.2 Å². The molecule has 0 aliphatic carbocycles. The third-order valence-corrected chi connectivity index (χ3v) is 5.63. The van der Waals surface area contributed by atoms with E-state index in [-0.39, 0.29) is 12.8 Å². The number of aromatic amines is 1. The van der Waals surface area contributed by atoms with Crippen LogP contribution < -0.4 is 19.7 Å². The van der Waals surface area contributed by atoms with Crippen molar-refractivity contribution in [3.05, 3.63) is 54.2 Å². The average molecular weight is 392 g/mol. The summed E-state index contributed by atoms with van der Waals surface area (Å²) in [5.74, 6) is 1.59. The van der Waals surface area contributed by atoms with Crippen molar-refractivity contribution in [3.63, 3.8) is 0 Å². The highest BCUT2D eigenvalue weighted by atomic mass is 16.7. The summed E-state index contributed by atoms with van der Waals surface area (Å²) in [5.41, 5.74) is 3.47. The zero-order valence-electron chi connectivity index (χ0n) is 16.2. The number of nitrogens with one attached hydrogen (secondary N) is 2. The summed E-state index contributed by atoms with van der Waals surface area (Å²) < 4.78 is 10.8. The first-order chi connectivity index (χ1) is 14.3. The molecule has 7 heteroatoms. The van der Waals surface area contributed by atoms with E-state index >= 15 is 0 Å². The number of hydrogen-bond acceptors (Lipinski definition) is 4. The number of rotatable bonds is 4. The first kappa shape index (κ1) is 17.7. The van der Waals surface area contributed by atoms with E-state index in [1.807, 2.05) is 41.4 Å². The maximum atomic E-state index is 12.5. The second-order valence-corrected chi connectivity index (χ2v) is 7.35. The standard InChI is InChI=1S/C22H24N4O3/c27-22(23-8-7-16-14-24-19-4-2-1-3-18(16)19)26-11-9-25(10-12-26)17-5-6-20-21(13-17)29-15-28-20/h1-6,13-14,24H,7-12,15H2,(H,23,27). The van der Waals surface area contributed by atoms with Crippen molar-refractivity contribution < 1.29 is 14.3 Å². The monoisotopic (exact) mass is 392 g/mol. The number of hydrogen-bond donors (Lipinski definition) is 2. The molecule has 2 aromatic carbocycles. The molecule has 2 aliphatic heterocycles. The van der Waals surface area contributed by atoms with E-state index in [4.69, 9.17) is 9.47 Å². The molecular formula is C22H24N4O3. The lowest BCUT2D eigenvalue weighted by atomic mass is 10.1. The number of anilines is 1. The smallest absolute Gasteiger partial charge is 0.317 e. The molecule has 3 aromatic rings. The molecule has 0 bridgehead atoms. The highest BCUT2D eigenvalue weighted by Gasteiger charge is 2.23. The number of fused-ring (bicyclic) bond motifs is 2. The molecule has 5 rings (SSSR count). The summed E-state index contributed by atoms with van der Waals surface area (Å²) in [7, 11) is 0. The Labute approximate surface area is 169 Å². The molecule has 0 radical (unpaired) electrons. The normalized spacial score (nSPS) is 15.7. The molecule has 0 atom stereocenters. The van der Waals surface area contributed by atoms with Gasteiger partial charge in [0.25, 0.3) is 0 Å². The minimum atomic E-state index is 0.00942. The predicted molar refractivity (Wildman–Crippen MR) is 112 cm³/mol. The quantitative estimate of drug-likeness (QED) is 0.716. The number of para-hydroxylation sites is 1. The largest absolute Gasteiger partial charge is 0.454 e. The van der Waals surface area contributed by atoms with Gasteiger partial charge in [0.15, 0.2) is 11.5 Å². The minimum absolute atomic E-state index is 0.00942. The number of carbonyl (C=O) groups is 1. The molecule has 29 heavy (non-hydrogen) atoms. The fourth-order valence-corrected chi connectivity index (χ4v) is 4.00. The Balaban J connectivity index is 1.11. The zero-order chi connectivity index (χ0) is 19.6. The number of carbonyl (C=O) groups excluding carboxylic acids is 1. The van der Waals surface area contributed by atoms with Crippen molar-refractivity contribution in [2.45, 2.75) is 6.42 Å². The van der Waals surface area contributed by atoms with Gasteiger partial charge in [-0.15, -0.1) is 0 Å². The van der Waals surface area contributed by atoms with Gasteiger partial charge in [-0.25, -0.2) is 4.79 Å². The summed E-state index contributed by atoms with van der Waals surface area (Å²) >= 11 is 0. The lowest BCUT2D eigenvalue weighted by Gasteiger charge is -2.36. The van der Waals surface area contributed by atoms with Crippen molar-refractivity contribution in [2.24, 2.45) is 0 Å². The van der Waals surface area contributed by atoms with Crippen LogP contribution in [0.3, 0.4) is 0 Å². The van der Waals surface area contributed by atoms with Crippen molar-refractivity contribution in [2.75, 3.05) is 44.4 Å². The average Bonchev–Trinajstić information content (AvgIpc) is 3.40. The van der Waals surface area contributed by atoms with Crippen LogP contribution in [-0.4, -0.2) is 55.4 Å². The van der Waals surface area contributed by atoms with Crippen LogP contribution in [0.1, 0.15) is 5.56 Å². The molecule has 2 aliphatic rings. The Hall–Kier alpha value is -3.35. The van der Waals surface area contributed by atoms with Gasteiger partial charge in [-0.2, -0.15) is 0 Å². The predicted octanol–water partition coefficient (Wildman–Crippen LogP) is 2.97. The molecule has 150 valence electrons. The van der Waals surface area contributed by atoms with E-state index in [2.05, 4.69) is 27.3 Å². The van der Waals surface area contributed by atoms with Gasteiger partial charge in [-0.3, -0.25) is 0 Å². The van der Waals surface area contributed by atoms with E-state index in [0.29, 0.717) is 19.6 Å². The number of nitrogens with zero attached hydrogens (tertiary/aromatic N) is 2. The Morgan fingerprint density at radius 3 is 2.76 bits per heavy atom. The number of H-pyrrole nitrogens is 1. The number of piperazine rings is 1. The van der Waals surface area contributed by atoms with E-state index in [1.54, 1.807) is 0 Å². The summed E-state index contributed by atoms with van der Waals surface area (Å²) in [6.07, 6.45) is 2.84. The number of benzene rings is 2. The van der Waals surface area contributed by atoms with E-state index in [1.165, 1.54) is 10.9 Å². The first-order valence-electron chi connectivity index (χ1n) is 10.0. The van der Waals surface area contributed by atoms with Crippen molar-refractivity contribution >= 4 is 22.6 Å². The van der Waals surface area contributed by atoms with Crippen LogP contribution in [0.5, 0.6) is 11.5 Å². The van der Waals surface area contributed by atoms with Gasteiger partial charge < -0.3 is 29.6 Å².